The molecule has 2 atom stereocenters. The van der Waals surface area contributed by atoms with Gasteiger partial charge in [-0.2, -0.15) is 0 Å². The molecule has 2 heteroatoms. The summed E-state index contributed by atoms with van der Waals surface area (Å²) in [6, 6.07) is 8.34. The van der Waals surface area contributed by atoms with Gasteiger partial charge in [0.05, 0.1) is 18.8 Å². The van der Waals surface area contributed by atoms with Crippen molar-refractivity contribution in [3.8, 4) is 0 Å². The third kappa shape index (κ3) is 2.11. The van der Waals surface area contributed by atoms with Gasteiger partial charge >= 0.3 is 0 Å². The highest BCUT2D eigenvalue weighted by Crippen LogP contribution is 2.31. The van der Waals surface area contributed by atoms with Gasteiger partial charge in [-0.15, -0.1) is 6.58 Å². The summed E-state index contributed by atoms with van der Waals surface area (Å²) >= 11 is 0. The Kier molecular flexibility index (Phi) is 3.19. The van der Waals surface area contributed by atoms with Gasteiger partial charge in [-0.25, -0.2) is 0 Å². The van der Waals surface area contributed by atoms with Gasteiger partial charge in [-0.1, -0.05) is 30.3 Å². The summed E-state index contributed by atoms with van der Waals surface area (Å²) in [6.07, 6.45) is 3.84. The number of nitrogens with two attached hydrogens (primary N) is 1. The van der Waals surface area contributed by atoms with Gasteiger partial charge in [-0.3, -0.25) is 0 Å². The second-order valence-electron chi connectivity index (χ2n) is 3.92. The molecule has 0 amide bonds. The molecule has 0 radical (unpaired) electrons. The first-order valence-electron chi connectivity index (χ1n) is 5.39. The van der Waals surface area contributed by atoms with E-state index in [2.05, 4.69) is 24.8 Å². The van der Waals surface area contributed by atoms with Crippen LogP contribution in [0.3, 0.4) is 0 Å². The molecule has 1 aromatic rings. The lowest BCUT2D eigenvalue weighted by Crippen LogP contribution is -2.25. The van der Waals surface area contributed by atoms with Crippen LogP contribution in [0.2, 0.25) is 0 Å². The second-order valence-corrected chi connectivity index (χ2v) is 3.92. The summed E-state index contributed by atoms with van der Waals surface area (Å²) in [4.78, 5) is 0. The van der Waals surface area contributed by atoms with E-state index < -0.39 is 0 Å². The molecular weight excluding hydrogens is 186 g/mol. The topological polar surface area (TPSA) is 35.2 Å². The Hall–Kier alpha value is -1.12. The van der Waals surface area contributed by atoms with E-state index in [-0.39, 0.29) is 12.1 Å². The normalized spacial score (nSPS) is 23.8. The number of rotatable bonds is 4. The van der Waals surface area contributed by atoms with E-state index in [1.165, 1.54) is 11.1 Å². The molecule has 15 heavy (non-hydrogen) atoms. The van der Waals surface area contributed by atoms with Crippen molar-refractivity contribution < 1.29 is 4.74 Å². The number of fused-ring (bicyclic) bond motifs is 1. The minimum Gasteiger partial charge on any atom is -0.376 e. The number of ether oxygens (including phenoxy) is 1. The lowest BCUT2D eigenvalue weighted by molar-refractivity contribution is 0.0467. The van der Waals surface area contributed by atoms with Crippen molar-refractivity contribution in [1.82, 2.24) is 0 Å². The van der Waals surface area contributed by atoms with Crippen LogP contribution in [-0.4, -0.2) is 12.7 Å². The molecule has 1 aromatic carbocycles. The summed E-state index contributed by atoms with van der Waals surface area (Å²) in [5.41, 5.74) is 8.69. The van der Waals surface area contributed by atoms with Crippen LogP contribution in [0.4, 0.5) is 0 Å². The smallest absolute Gasteiger partial charge is 0.0808 e. The highest BCUT2D eigenvalue weighted by Gasteiger charge is 2.29. The van der Waals surface area contributed by atoms with E-state index in [1.807, 2.05) is 12.1 Å². The summed E-state index contributed by atoms with van der Waals surface area (Å²) in [6.45, 7) is 4.39. The molecule has 2 N–H and O–H groups in total. The van der Waals surface area contributed by atoms with Crippen LogP contribution in [0.5, 0.6) is 0 Å². The SMILES string of the molecule is C=CCCO[C@H]1Cc2ccccc2[C@H]1N. The van der Waals surface area contributed by atoms with E-state index in [9.17, 15) is 0 Å². The van der Waals surface area contributed by atoms with Crippen LogP contribution in [-0.2, 0) is 11.2 Å². The molecule has 2 nitrogen and oxygen atoms in total. The van der Waals surface area contributed by atoms with Gasteiger partial charge in [0.25, 0.3) is 0 Å². The Morgan fingerprint density at radius 1 is 1.47 bits per heavy atom. The lowest BCUT2D eigenvalue weighted by atomic mass is 10.1. The Bertz CT molecular complexity index is 348. The fraction of sp³-hybridized carbons (Fsp3) is 0.385. The van der Waals surface area contributed by atoms with Crippen molar-refractivity contribution in [2.24, 2.45) is 5.73 Å². The Morgan fingerprint density at radius 2 is 2.27 bits per heavy atom. The van der Waals surface area contributed by atoms with Crippen molar-refractivity contribution in [2.75, 3.05) is 6.61 Å². The van der Waals surface area contributed by atoms with Crippen LogP contribution in [0.1, 0.15) is 23.6 Å². The first-order chi connectivity index (χ1) is 7.33. The minimum atomic E-state index is 0.0333. The Morgan fingerprint density at radius 3 is 3.00 bits per heavy atom. The maximum absolute atomic E-state index is 6.12. The van der Waals surface area contributed by atoms with Gasteiger partial charge in [0.15, 0.2) is 0 Å². The van der Waals surface area contributed by atoms with Gasteiger partial charge in [0.1, 0.15) is 0 Å². The monoisotopic (exact) mass is 203 g/mol. The zero-order chi connectivity index (χ0) is 10.7. The molecule has 0 aromatic heterocycles. The quantitative estimate of drug-likeness (QED) is 0.601. The van der Waals surface area contributed by atoms with Crippen molar-refractivity contribution >= 4 is 0 Å². The lowest BCUT2D eigenvalue weighted by Gasteiger charge is -2.16. The van der Waals surface area contributed by atoms with Crippen LogP contribution in [0.25, 0.3) is 0 Å². The third-order valence-corrected chi connectivity index (χ3v) is 2.89. The van der Waals surface area contributed by atoms with E-state index in [4.69, 9.17) is 10.5 Å². The summed E-state index contributed by atoms with van der Waals surface area (Å²) < 4.78 is 5.74. The first-order valence-corrected chi connectivity index (χ1v) is 5.39. The second kappa shape index (κ2) is 4.60. The predicted octanol–water partition coefficient (Wildman–Crippen LogP) is 2.20. The van der Waals surface area contributed by atoms with Crippen molar-refractivity contribution in [3.05, 3.63) is 48.0 Å². The average Bonchev–Trinajstić information content (AvgIpc) is 2.57. The molecular formula is C13H17NO. The zero-order valence-corrected chi connectivity index (χ0v) is 8.86. The molecule has 0 heterocycles. The van der Waals surface area contributed by atoms with Gasteiger partial charge in [0.2, 0.25) is 0 Å². The molecule has 0 spiro atoms. The number of hydrogen-bond donors (Lipinski definition) is 1. The molecule has 80 valence electrons. The summed E-state index contributed by atoms with van der Waals surface area (Å²) in [5, 5.41) is 0. The highest BCUT2D eigenvalue weighted by molar-refractivity contribution is 5.36. The molecule has 0 saturated carbocycles. The highest BCUT2D eigenvalue weighted by atomic mass is 16.5. The third-order valence-electron chi connectivity index (χ3n) is 2.89. The predicted molar refractivity (Wildman–Crippen MR) is 61.6 cm³/mol. The maximum atomic E-state index is 6.12. The van der Waals surface area contributed by atoms with E-state index in [0.717, 1.165) is 19.4 Å². The summed E-state index contributed by atoms with van der Waals surface area (Å²) in [5.74, 6) is 0. The molecule has 0 unspecified atom stereocenters. The fourth-order valence-electron chi connectivity index (χ4n) is 2.05. The molecule has 1 aliphatic carbocycles. The molecule has 1 aliphatic rings. The molecule has 2 rings (SSSR count). The van der Waals surface area contributed by atoms with Gasteiger partial charge < -0.3 is 10.5 Å². The zero-order valence-electron chi connectivity index (χ0n) is 8.86. The van der Waals surface area contributed by atoms with E-state index in [0.29, 0.717) is 0 Å². The van der Waals surface area contributed by atoms with Gasteiger partial charge in [-0.05, 0) is 17.5 Å². The molecule has 0 fully saturated rings. The first kappa shape index (κ1) is 10.4. The van der Waals surface area contributed by atoms with Crippen LogP contribution in [0.15, 0.2) is 36.9 Å². The van der Waals surface area contributed by atoms with E-state index >= 15 is 0 Å². The largest absolute Gasteiger partial charge is 0.376 e. The van der Waals surface area contributed by atoms with Crippen LogP contribution in [0, 0.1) is 0 Å². The van der Waals surface area contributed by atoms with Crippen molar-refractivity contribution in [2.45, 2.75) is 25.0 Å². The molecule has 0 bridgehead atoms. The number of hydrogen-bond acceptors (Lipinski definition) is 2. The average molecular weight is 203 g/mol. The number of benzene rings is 1. The van der Waals surface area contributed by atoms with E-state index in [1.54, 1.807) is 0 Å². The van der Waals surface area contributed by atoms with Crippen LogP contribution < -0.4 is 5.73 Å². The Labute approximate surface area is 90.7 Å². The fourth-order valence-corrected chi connectivity index (χ4v) is 2.05. The standard InChI is InChI=1S/C13H17NO/c1-2-3-8-15-12-9-10-6-4-5-7-11(10)13(12)14/h2,4-7,12-13H,1,3,8-9,14H2/t12-,13+/m0/s1. The van der Waals surface area contributed by atoms with Crippen LogP contribution >= 0.6 is 0 Å². The van der Waals surface area contributed by atoms with Gasteiger partial charge in [0, 0.05) is 6.42 Å². The van der Waals surface area contributed by atoms with Crippen molar-refractivity contribution in [3.63, 3.8) is 0 Å². The van der Waals surface area contributed by atoms with Crippen molar-refractivity contribution in [1.29, 1.82) is 0 Å². The Balaban J connectivity index is 2.00. The minimum absolute atomic E-state index is 0.0333. The summed E-state index contributed by atoms with van der Waals surface area (Å²) in [7, 11) is 0. The molecule has 0 saturated heterocycles. The maximum Gasteiger partial charge on any atom is 0.0808 e. The molecule has 0 aliphatic heterocycles.